The van der Waals surface area contributed by atoms with Gasteiger partial charge in [0.15, 0.2) is 5.11 Å². The van der Waals surface area contributed by atoms with Crippen molar-refractivity contribution in [1.82, 2.24) is 10.3 Å². The van der Waals surface area contributed by atoms with Crippen LogP contribution in [0.3, 0.4) is 0 Å². The Bertz CT molecular complexity index is 1060. The van der Waals surface area contributed by atoms with Crippen molar-refractivity contribution >= 4 is 34.6 Å². The van der Waals surface area contributed by atoms with Crippen molar-refractivity contribution in [3.63, 3.8) is 0 Å². The van der Waals surface area contributed by atoms with Crippen molar-refractivity contribution in [3.8, 4) is 5.75 Å². The van der Waals surface area contributed by atoms with Crippen molar-refractivity contribution in [2.24, 2.45) is 0 Å². The zero-order valence-electron chi connectivity index (χ0n) is 17.1. The molecule has 0 saturated carbocycles. The Morgan fingerprint density at radius 1 is 1.26 bits per heavy atom. The molecular formula is C22H22N4O4S. The van der Waals surface area contributed by atoms with Crippen LogP contribution in [0.2, 0.25) is 0 Å². The maximum absolute atomic E-state index is 12.1. The van der Waals surface area contributed by atoms with Crippen molar-refractivity contribution < 1.29 is 18.7 Å². The number of benzene rings is 1. The summed E-state index contributed by atoms with van der Waals surface area (Å²) in [6, 6.07) is 14.5. The average molecular weight is 439 g/mol. The molecule has 0 bridgehead atoms. The third-order valence-electron chi connectivity index (χ3n) is 4.94. The van der Waals surface area contributed by atoms with Crippen LogP contribution in [0.25, 0.3) is 0 Å². The first-order valence-electron chi connectivity index (χ1n) is 9.63. The molecule has 1 fully saturated rings. The van der Waals surface area contributed by atoms with Gasteiger partial charge in [-0.1, -0.05) is 6.07 Å². The van der Waals surface area contributed by atoms with Gasteiger partial charge in [0.2, 0.25) is 5.91 Å². The second-order valence-corrected chi connectivity index (χ2v) is 7.26. The normalized spacial score (nSPS) is 18.0. The van der Waals surface area contributed by atoms with Crippen LogP contribution in [0.4, 0.5) is 11.4 Å². The van der Waals surface area contributed by atoms with Gasteiger partial charge >= 0.3 is 0 Å². The number of nitrogens with one attached hydrogen (secondary N) is 2. The molecule has 4 rings (SSSR count). The number of hydrogen-bond donors (Lipinski definition) is 2. The van der Waals surface area contributed by atoms with E-state index in [-0.39, 0.29) is 24.6 Å². The molecule has 3 aromatic rings. The molecule has 1 saturated heterocycles. The van der Waals surface area contributed by atoms with Gasteiger partial charge in [-0.15, -0.1) is 0 Å². The number of carbonyl (C=O) groups excluding carboxylic acids is 1. The highest BCUT2D eigenvalue weighted by atomic mass is 32.1. The van der Waals surface area contributed by atoms with Gasteiger partial charge < -0.3 is 29.4 Å². The number of aromatic nitrogens is 1. The van der Waals surface area contributed by atoms with Crippen LogP contribution in [-0.4, -0.2) is 36.8 Å². The highest BCUT2D eigenvalue weighted by Crippen LogP contribution is 2.43. The van der Waals surface area contributed by atoms with E-state index in [1.807, 2.05) is 47.4 Å². The molecule has 160 valence electrons. The molecule has 1 aliphatic heterocycles. The van der Waals surface area contributed by atoms with E-state index in [2.05, 4.69) is 15.6 Å². The van der Waals surface area contributed by atoms with E-state index in [0.717, 1.165) is 17.1 Å². The molecule has 0 unspecified atom stereocenters. The third-order valence-corrected chi connectivity index (χ3v) is 5.26. The number of nitrogens with zero attached hydrogens (tertiary/aromatic N) is 2. The molecule has 2 N–H and O–H groups in total. The summed E-state index contributed by atoms with van der Waals surface area (Å²) in [5, 5.41) is 6.71. The molecule has 0 spiro atoms. The van der Waals surface area contributed by atoms with Crippen LogP contribution in [0, 0.1) is 0 Å². The lowest BCUT2D eigenvalue weighted by Crippen LogP contribution is -2.29. The number of rotatable bonds is 7. The fourth-order valence-electron chi connectivity index (χ4n) is 3.64. The van der Waals surface area contributed by atoms with E-state index in [1.54, 1.807) is 25.6 Å². The minimum Gasteiger partial charge on any atom is -0.495 e. The van der Waals surface area contributed by atoms with Gasteiger partial charge in [0.05, 0.1) is 30.8 Å². The number of thiocarbonyl (C=S) groups is 1. The zero-order chi connectivity index (χ0) is 21.8. The monoisotopic (exact) mass is 438 g/mol. The van der Waals surface area contributed by atoms with Crippen LogP contribution >= 0.6 is 12.2 Å². The Kier molecular flexibility index (Phi) is 6.15. The van der Waals surface area contributed by atoms with Gasteiger partial charge in [-0.05, 0) is 54.7 Å². The molecule has 9 heteroatoms. The van der Waals surface area contributed by atoms with E-state index < -0.39 is 0 Å². The first-order valence-corrected chi connectivity index (χ1v) is 10.0. The molecule has 1 aliphatic rings. The molecular weight excluding hydrogens is 416 g/mol. The average Bonchev–Trinajstić information content (AvgIpc) is 3.42. The van der Waals surface area contributed by atoms with Gasteiger partial charge in [-0.2, -0.15) is 0 Å². The third kappa shape index (κ3) is 4.23. The zero-order valence-corrected chi connectivity index (χ0v) is 17.9. The second kappa shape index (κ2) is 9.15. The highest BCUT2D eigenvalue weighted by molar-refractivity contribution is 7.80. The quantitative estimate of drug-likeness (QED) is 0.543. The maximum Gasteiger partial charge on any atom is 0.250 e. The first kappa shape index (κ1) is 20.8. The molecule has 3 heterocycles. The minimum atomic E-state index is -0.283. The van der Waals surface area contributed by atoms with Crippen LogP contribution in [0.1, 0.15) is 23.5 Å². The molecule has 1 aromatic carbocycles. The second-order valence-electron chi connectivity index (χ2n) is 6.88. The summed E-state index contributed by atoms with van der Waals surface area (Å²) in [6.07, 6.45) is 3.38. The van der Waals surface area contributed by atoms with Gasteiger partial charge in [0.25, 0.3) is 0 Å². The predicted octanol–water partition coefficient (Wildman–Crippen LogP) is 3.45. The molecule has 8 nitrogen and oxygen atoms in total. The lowest BCUT2D eigenvalue weighted by atomic mass is 10.0. The molecule has 2 atom stereocenters. The van der Waals surface area contributed by atoms with Crippen molar-refractivity contribution in [1.29, 1.82) is 0 Å². The Hall–Kier alpha value is -3.43. The van der Waals surface area contributed by atoms with E-state index in [1.165, 1.54) is 7.11 Å². The lowest BCUT2D eigenvalue weighted by Gasteiger charge is -2.26. The number of carbonyl (C=O) groups is 1. The largest absolute Gasteiger partial charge is 0.495 e. The van der Waals surface area contributed by atoms with Gasteiger partial charge in [-0.25, -0.2) is 0 Å². The summed E-state index contributed by atoms with van der Waals surface area (Å²) < 4.78 is 16.1. The van der Waals surface area contributed by atoms with E-state index in [4.69, 9.17) is 26.1 Å². The van der Waals surface area contributed by atoms with Crippen molar-refractivity contribution in [3.05, 3.63) is 72.4 Å². The van der Waals surface area contributed by atoms with Crippen molar-refractivity contribution in [2.75, 3.05) is 31.0 Å². The number of anilines is 2. The summed E-state index contributed by atoms with van der Waals surface area (Å²) in [5.74, 6) is 0.986. The number of furan rings is 1. The molecule has 2 aromatic heterocycles. The number of amides is 1. The molecule has 1 amide bonds. The van der Waals surface area contributed by atoms with Crippen LogP contribution < -0.4 is 20.3 Å². The maximum atomic E-state index is 12.1. The smallest absolute Gasteiger partial charge is 0.250 e. The Morgan fingerprint density at radius 2 is 2.13 bits per heavy atom. The topological polar surface area (TPSA) is 88.9 Å². The number of ether oxygens (including phenoxy) is 2. The number of methoxy groups -OCH3 is 2. The van der Waals surface area contributed by atoms with E-state index in [0.29, 0.717) is 16.5 Å². The van der Waals surface area contributed by atoms with Crippen molar-refractivity contribution in [2.45, 2.75) is 12.1 Å². The van der Waals surface area contributed by atoms with E-state index in [9.17, 15) is 4.79 Å². The predicted molar refractivity (Wildman–Crippen MR) is 120 cm³/mol. The summed E-state index contributed by atoms with van der Waals surface area (Å²) in [7, 11) is 3.01. The Morgan fingerprint density at radius 3 is 2.81 bits per heavy atom. The summed E-state index contributed by atoms with van der Waals surface area (Å²) in [6.45, 7) is -0.0617. The summed E-state index contributed by atoms with van der Waals surface area (Å²) in [5.41, 5.74) is 2.13. The van der Waals surface area contributed by atoms with Gasteiger partial charge in [0.1, 0.15) is 24.2 Å². The first-order chi connectivity index (χ1) is 15.1. The Balaban J connectivity index is 1.75. The SMILES string of the molecule is COCC(=O)Nc1cc(N2C(=S)N[C@H](c3ccccn3)[C@@H]2c2ccco2)ccc1OC. The molecule has 31 heavy (non-hydrogen) atoms. The van der Waals surface area contributed by atoms with Gasteiger partial charge in [-0.3, -0.25) is 9.78 Å². The molecule has 0 radical (unpaired) electrons. The summed E-state index contributed by atoms with van der Waals surface area (Å²) in [4.78, 5) is 18.6. The fraction of sp³-hybridized carbons (Fsp3) is 0.227. The standard InChI is InChI=1S/C22H22N4O4S/c1-28-13-19(27)24-16-12-14(8-9-17(16)29-2)26-21(18-7-5-11-30-18)20(25-22(26)31)15-6-3-4-10-23-15/h3-12,20-21H,13H2,1-2H3,(H,24,27)(H,25,31)/t20-,21+/m1/s1. The number of hydrogen-bond acceptors (Lipinski definition) is 6. The lowest BCUT2D eigenvalue weighted by molar-refractivity contribution is -0.119. The number of pyridine rings is 1. The van der Waals surface area contributed by atoms with Crippen LogP contribution in [0.5, 0.6) is 5.75 Å². The minimum absolute atomic E-state index is 0.0617. The van der Waals surface area contributed by atoms with Crippen LogP contribution in [-0.2, 0) is 9.53 Å². The van der Waals surface area contributed by atoms with Gasteiger partial charge in [0, 0.05) is 19.0 Å². The fourth-order valence-corrected chi connectivity index (χ4v) is 3.99. The Labute approximate surface area is 185 Å². The summed E-state index contributed by atoms with van der Waals surface area (Å²) >= 11 is 5.69. The van der Waals surface area contributed by atoms with E-state index >= 15 is 0 Å². The van der Waals surface area contributed by atoms with Crippen LogP contribution in [0.15, 0.2) is 65.4 Å². The molecule has 0 aliphatic carbocycles. The highest BCUT2D eigenvalue weighted by Gasteiger charge is 2.42.